The van der Waals surface area contributed by atoms with E-state index in [-0.39, 0.29) is 16.3 Å². The lowest BCUT2D eigenvalue weighted by Gasteiger charge is -2.08. The van der Waals surface area contributed by atoms with Gasteiger partial charge in [0.05, 0.1) is 10.6 Å². The van der Waals surface area contributed by atoms with E-state index in [0.29, 0.717) is 12.1 Å². The molecule has 0 unspecified atom stereocenters. The molecule has 6 heteroatoms. The number of sulfone groups is 1. The van der Waals surface area contributed by atoms with Crippen LogP contribution in [0.5, 0.6) is 0 Å². The van der Waals surface area contributed by atoms with Crippen molar-refractivity contribution in [3.8, 4) is 0 Å². The van der Waals surface area contributed by atoms with Gasteiger partial charge in [-0.2, -0.15) is 0 Å². The van der Waals surface area contributed by atoms with Gasteiger partial charge in [0.15, 0.2) is 9.84 Å². The summed E-state index contributed by atoms with van der Waals surface area (Å²) in [5, 5.41) is 6.12. The fourth-order valence-electron chi connectivity index (χ4n) is 2.11. The van der Waals surface area contributed by atoms with E-state index in [1.807, 2.05) is 13.0 Å². The van der Waals surface area contributed by atoms with E-state index in [0.717, 1.165) is 12.1 Å². The molecule has 2 rings (SSSR count). The molecule has 1 N–H and O–H groups in total. The van der Waals surface area contributed by atoms with E-state index >= 15 is 0 Å². The Balaban J connectivity index is 2.27. The first-order valence-electron chi connectivity index (χ1n) is 7.00. The minimum Gasteiger partial charge on any atom is -0.313 e. The van der Waals surface area contributed by atoms with Crippen LogP contribution in [-0.4, -0.2) is 15.0 Å². The Morgan fingerprint density at radius 3 is 2.45 bits per heavy atom. The van der Waals surface area contributed by atoms with Crippen LogP contribution in [0, 0.1) is 4.91 Å². The molecule has 0 aromatic heterocycles. The van der Waals surface area contributed by atoms with Crippen molar-refractivity contribution < 1.29 is 8.42 Å². The van der Waals surface area contributed by atoms with Crippen LogP contribution in [0.3, 0.4) is 0 Å². The molecule has 0 fully saturated rings. The highest BCUT2D eigenvalue weighted by Crippen LogP contribution is 2.25. The molecule has 5 nitrogen and oxygen atoms in total. The number of benzene rings is 2. The number of nitroso groups, excluding NO2 is 1. The second kappa shape index (κ2) is 7.29. The second-order valence-electron chi connectivity index (χ2n) is 4.91. The number of hydrogen-bond acceptors (Lipinski definition) is 5. The largest absolute Gasteiger partial charge is 0.313 e. The van der Waals surface area contributed by atoms with Gasteiger partial charge in [-0.05, 0) is 41.0 Å². The predicted octanol–water partition coefficient (Wildman–Crippen LogP) is 3.17. The molecule has 22 heavy (non-hydrogen) atoms. The van der Waals surface area contributed by atoms with Crippen molar-refractivity contribution >= 4 is 15.5 Å². The summed E-state index contributed by atoms with van der Waals surface area (Å²) in [5.41, 5.74) is 1.49. The van der Waals surface area contributed by atoms with E-state index in [1.165, 1.54) is 0 Å². The minimum absolute atomic E-state index is 0.176. The summed E-state index contributed by atoms with van der Waals surface area (Å²) >= 11 is 0. The Morgan fingerprint density at radius 2 is 1.82 bits per heavy atom. The smallest absolute Gasteiger partial charge is 0.182 e. The van der Waals surface area contributed by atoms with E-state index in [1.54, 1.807) is 42.5 Å². The van der Waals surface area contributed by atoms with Crippen LogP contribution < -0.4 is 5.32 Å². The zero-order valence-electron chi connectivity index (χ0n) is 12.3. The third kappa shape index (κ3) is 3.99. The third-order valence-corrected chi connectivity index (χ3v) is 4.96. The van der Waals surface area contributed by atoms with Crippen molar-refractivity contribution in [2.45, 2.75) is 24.1 Å². The molecule has 0 aliphatic carbocycles. The SMILES string of the molecule is CCNCc1ccc(CS(=O)(=O)c2ccccc2)c(N=O)c1. The van der Waals surface area contributed by atoms with E-state index < -0.39 is 9.84 Å². The Morgan fingerprint density at radius 1 is 1.09 bits per heavy atom. The summed E-state index contributed by atoms with van der Waals surface area (Å²) < 4.78 is 24.7. The summed E-state index contributed by atoms with van der Waals surface area (Å²) in [5.74, 6) is -0.237. The van der Waals surface area contributed by atoms with E-state index in [4.69, 9.17) is 0 Å². The van der Waals surface area contributed by atoms with Gasteiger partial charge in [-0.15, -0.1) is 4.91 Å². The molecule has 0 spiro atoms. The third-order valence-electron chi connectivity index (χ3n) is 3.28. The van der Waals surface area contributed by atoms with Crippen molar-refractivity contribution in [3.63, 3.8) is 0 Å². The average molecular weight is 318 g/mol. The van der Waals surface area contributed by atoms with Crippen LogP contribution in [0.2, 0.25) is 0 Å². The number of nitrogens with one attached hydrogen (secondary N) is 1. The Kier molecular flexibility index (Phi) is 5.41. The summed E-state index contributed by atoms with van der Waals surface area (Å²) in [6, 6.07) is 13.3. The van der Waals surface area contributed by atoms with Crippen LogP contribution >= 0.6 is 0 Å². The fourth-order valence-corrected chi connectivity index (χ4v) is 3.50. The normalized spacial score (nSPS) is 11.3. The van der Waals surface area contributed by atoms with Gasteiger partial charge in [0, 0.05) is 6.54 Å². The maximum atomic E-state index is 12.4. The molecule has 2 aromatic rings. The number of nitrogens with zero attached hydrogens (tertiary/aromatic N) is 1. The van der Waals surface area contributed by atoms with Crippen LogP contribution in [-0.2, 0) is 22.1 Å². The average Bonchev–Trinajstić information content (AvgIpc) is 2.54. The molecule has 2 aromatic carbocycles. The zero-order chi connectivity index (χ0) is 16.0. The van der Waals surface area contributed by atoms with E-state index in [2.05, 4.69) is 10.5 Å². The Labute approximate surface area is 130 Å². The first-order valence-corrected chi connectivity index (χ1v) is 8.65. The van der Waals surface area contributed by atoms with Crippen LogP contribution in [0.15, 0.2) is 58.6 Å². The molecule has 0 amide bonds. The molecule has 0 saturated carbocycles. The van der Waals surface area contributed by atoms with Crippen LogP contribution in [0.25, 0.3) is 0 Å². The molecule has 0 aliphatic rings. The first kappa shape index (κ1) is 16.3. The summed E-state index contributed by atoms with van der Waals surface area (Å²) in [6.45, 7) is 3.42. The fraction of sp³-hybridized carbons (Fsp3) is 0.250. The predicted molar refractivity (Wildman–Crippen MR) is 86.6 cm³/mol. The van der Waals surface area contributed by atoms with Gasteiger partial charge < -0.3 is 5.32 Å². The highest BCUT2D eigenvalue weighted by Gasteiger charge is 2.17. The molecule has 0 aliphatic heterocycles. The maximum Gasteiger partial charge on any atom is 0.182 e. The summed E-state index contributed by atoms with van der Waals surface area (Å²) in [7, 11) is -3.49. The van der Waals surface area contributed by atoms with Crippen molar-refractivity contribution in [3.05, 3.63) is 64.6 Å². The molecular formula is C16H18N2O3S. The molecular weight excluding hydrogens is 300 g/mol. The van der Waals surface area contributed by atoms with Crippen molar-refractivity contribution in [2.24, 2.45) is 5.18 Å². The van der Waals surface area contributed by atoms with Crippen LogP contribution in [0.1, 0.15) is 18.1 Å². The zero-order valence-corrected chi connectivity index (χ0v) is 13.1. The highest BCUT2D eigenvalue weighted by molar-refractivity contribution is 7.90. The first-order chi connectivity index (χ1) is 10.6. The Bertz CT molecular complexity index is 743. The van der Waals surface area contributed by atoms with Crippen molar-refractivity contribution in [1.29, 1.82) is 0 Å². The van der Waals surface area contributed by atoms with Gasteiger partial charge in [0.1, 0.15) is 5.69 Å². The quantitative estimate of drug-likeness (QED) is 0.796. The summed E-state index contributed by atoms with van der Waals surface area (Å²) in [6.07, 6.45) is 0. The van der Waals surface area contributed by atoms with Gasteiger partial charge in [-0.25, -0.2) is 8.42 Å². The van der Waals surface area contributed by atoms with Crippen LogP contribution in [0.4, 0.5) is 5.69 Å². The summed E-state index contributed by atoms with van der Waals surface area (Å²) in [4.78, 5) is 11.2. The molecule has 0 atom stereocenters. The lowest BCUT2D eigenvalue weighted by Crippen LogP contribution is -2.12. The van der Waals surface area contributed by atoms with Gasteiger partial charge in [0.25, 0.3) is 0 Å². The van der Waals surface area contributed by atoms with E-state index in [9.17, 15) is 13.3 Å². The highest BCUT2D eigenvalue weighted by atomic mass is 32.2. The molecule has 0 bridgehead atoms. The maximum absolute atomic E-state index is 12.4. The van der Waals surface area contributed by atoms with Gasteiger partial charge in [-0.1, -0.05) is 37.3 Å². The van der Waals surface area contributed by atoms with Gasteiger partial charge in [-0.3, -0.25) is 0 Å². The van der Waals surface area contributed by atoms with Crippen molar-refractivity contribution in [1.82, 2.24) is 5.32 Å². The number of hydrogen-bond donors (Lipinski definition) is 1. The topological polar surface area (TPSA) is 75.6 Å². The van der Waals surface area contributed by atoms with Crippen molar-refractivity contribution in [2.75, 3.05) is 6.54 Å². The monoisotopic (exact) mass is 318 g/mol. The molecule has 0 radical (unpaired) electrons. The molecule has 0 saturated heterocycles. The second-order valence-corrected chi connectivity index (χ2v) is 6.90. The van der Waals surface area contributed by atoms with Gasteiger partial charge >= 0.3 is 0 Å². The lowest BCUT2D eigenvalue weighted by atomic mass is 10.1. The minimum atomic E-state index is -3.49. The standard InChI is InChI=1S/C16H18N2O3S/c1-2-17-11-13-8-9-14(16(10-13)18-19)12-22(20,21)15-6-4-3-5-7-15/h3-10,17H,2,11-12H2,1H3. The Hall–Kier alpha value is -2.05. The van der Waals surface area contributed by atoms with Gasteiger partial charge in [0.2, 0.25) is 0 Å². The number of rotatable bonds is 7. The molecule has 0 heterocycles. The molecule has 116 valence electrons. The lowest BCUT2D eigenvalue weighted by molar-refractivity contribution is 0.595.